The van der Waals surface area contributed by atoms with Gasteiger partial charge in [0.25, 0.3) is 12.3 Å². The standard InChI is InChI=1S/C19H21Cl2F2N3O2/c1-9-5-14(20)16(15(21)6-9)12-7-11(12)10(2)26(28-4)19(27)13-8-25(3)24-17(13)18(22)23/h5-6,8,10-12,18H,7H2,1-4H3. The molecule has 1 amide bonds. The number of nitrogens with zero attached hydrogens (tertiary/aromatic N) is 3. The summed E-state index contributed by atoms with van der Waals surface area (Å²) >= 11 is 12.8. The molecule has 0 saturated heterocycles. The highest BCUT2D eigenvalue weighted by molar-refractivity contribution is 6.36. The van der Waals surface area contributed by atoms with Gasteiger partial charge in [0.15, 0.2) is 0 Å². The second-order valence-electron chi connectivity index (χ2n) is 7.10. The first-order valence-corrected chi connectivity index (χ1v) is 9.56. The molecule has 1 fully saturated rings. The van der Waals surface area contributed by atoms with Gasteiger partial charge in [-0.05, 0) is 55.4 Å². The van der Waals surface area contributed by atoms with Crippen LogP contribution < -0.4 is 0 Å². The number of hydrogen-bond donors (Lipinski definition) is 0. The number of rotatable bonds is 6. The molecule has 3 rings (SSSR count). The van der Waals surface area contributed by atoms with Gasteiger partial charge in [0, 0.05) is 23.3 Å². The molecule has 1 aromatic heterocycles. The fourth-order valence-corrected chi connectivity index (χ4v) is 4.58. The van der Waals surface area contributed by atoms with E-state index >= 15 is 0 Å². The molecule has 3 unspecified atom stereocenters. The van der Waals surface area contributed by atoms with Gasteiger partial charge in [-0.2, -0.15) is 5.10 Å². The predicted octanol–water partition coefficient (Wildman–Crippen LogP) is 5.17. The molecule has 0 bridgehead atoms. The van der Waals surface area contributed by atoms with Gasteiger partial charge < -0.3 is 0 Å². The molecule has 5 nitrogen and oxygen atoms in total. The Morgan fingerprint density at radius 2 is 1.96 bits per heavy atom. The highest BCUT2D eigenvalue weighted by Gasteiger charge is 2.47. The summed E-state index contributed by atoms with van der Waals surface area (Å²) in [5.74, 6) is -0.525. The molecule has 1 aromatic carbocycles. The van der Waals surface area contributed by atoms with Crippen LogP contribution in [-0.4, -0.2) is 33.9 Å². The monoisotopic (exact) mass is 431 g/mol. The molecule has 0 spiro atoms. The van der Waals surface area contributed by atoms with Crippen molar-refractivity contribution < 1.29 is 18.4 Å². The molecule has 152 valence electrons. The number of hydroxylamine groups is 2. The van der Waals surface area contributed by atoms with Gasteiger partial charge in [0.1, 0.15) is 5.69 Å². The normalized spacial score (nSPS) is 19.8. The van der Waals surface area contributed by atoms with E-state index in [1.807, 2.05) is 26.0 Å². The second-order valence-corrected chi connectivity index (χ2v) is 7.92. The molecule has 28 heavy (non-hydrogen) atoms. The topological polar surface area (TPSA) is 47.4 Å². The highest BCUT2D eigenvalue weighted by Crippen LogP contribution is 2.54. The SMILES string of the molecule is CON(C(=O)c1cn(C)nc1C(F)F)C(C)C1CC1c1c(Cl)cc(C)cc1Cl. The Labute approximate surface area is 172 Å². The van der Waals surface area contributed by atoms with E-state index < -0.39 is 18.0 Å². The lowest BCUT2D eigenvalue weighted by Crippen LogP contribution is -2.39. The maximum absolute atomic E-state index is 13.2. The zero-order chi connectivity index (χ0) is 20.7. The first-order valence-electron chi connectivity index (χ1n) is 8.80. The van der Waals surface area contributed by atoms with Crippen LogP contribution in [0.5, 0.6) is 0 Å². The average Bonchev–Trinajstić information content (AvgIpc) is 3.27. The summed E-state index contributed by atoms with van der Waals surface area (Å²) in [7, 11) is 2.83. The van der Waals surface area contributed by atoms with E-state index in [1.54, 1.807) is 0 Å². The van der Waals surface area contributed by atoms with Crippen molar-refractivity contribution in [3.05, 3.63) is 50.8 Å². The Morgan fingerprint density at radius 3 is 2.50 bits per heavy atom. The summed E-state index contributed by atoms with van der Waals surface area (Å²) in [6, 6.07) is 3.35. The highest BCUT2D eigenvalue weighted by atomic mass is 35.5. The maximum Gasteiger partial charge on any atom is 0.282 e. The fourth-order valence-electron chi connectivity index (χ4n) is 3.70. The molecule has 0 N–H and O–H groups in total. The number of alkyl halides is 2. The van der Waals surface area contributed by atoms with Crippen molar-refractivity contribution in [2.75, 3.05) is 7.11 Å². The lowest BCUT2D eigenvalue weighted by Gasteiger charge is -2.27. The fraction of sp³-hybridized carbons (Fsp3) is 0.474. The molecule has 2 aromatic rings. The minimum absolute atomic E-state index is 0.0493. The zero-order valence-electron chi connectivity index (χ0n) is 15.9. The van der Waals surface area contributed by atoms with Gasteiger partial charge in [-0.25, -0.2) is 13.8 Å². The van der Waals surface area contributed by atoms with Gasteiger partial charge in [0.05, 0.1) is 18.7 Å². The Bertz CT molecular complexity index is 880. The summed E-state index contributed by atoms with van der Waals surface area (Å²) < 4.78 is 27.7. The first-order chi connectivity index (χ1) is 13.1. The van der Waals surface area contributed by atoms with Crippen LogP contribution in [0.4, 0.5) is 8.78 Å². The van der Waals surface area contributed by atoms with E-state index in [4.69, 9.17) is 28.0 Å². The van der Waals surface area contributed by atoms with Crippen molar-refractivity contribution in [1.82, 2.24) is 14.8 Å². The van der Waals surface area contributed by atoms with E-state index in [9.17, 15) is 13.6 Å². The minimum atomic E-state index is -2.85. The Kier molecular flexibility index (Phi) is 5.98. The van der Waals surface area contributed by atoms with Gasteiger partial charge >= 0.3 is 0 Å². The second kappa shape index (κ2) is 7.97. The van der Waals surface area contributed by atoms with Crippen molar-refractivity contribution in [3.8, 4) is 0 Å². The summed E-state index contributed by atoms with van der Waals surface area (Å²) in [5, 5.41) is 6.00. The summed E-state index contributed by atoms with van der Waals surface area (Å²) in [6.07, 6.45) is -0.806. The molecule has 1 heterocycles. The van der Waals surface area contributed by atoms with Gasteiger partial charge in [-0.15, -0.1) is 0 Å². The van der Waals surface area contributed by atoms with Crippen LogP contribution in [0.25, 0.3) is 0 Å². The molecule has 1 aliphatic carbocycles. The number of carbonyl (C=O) groups is 1. The predicted molar refractivity (Wildman–Crippen MR) is 103 cm³/mol. The number of halogens is 4. The van der Waals surface area contributed by atoms with Crippen LogP contribution in [0, 0.1) is 12.8 Å². The van der Waals surface area contributed by atoms with Crippen LogP contribution in [0.3, 0.4) is 0 Å². The van der Waals surface area contributed by atoms with Gasteiger partial charge in [-0.3, -0.25) is 14.3 Å². The lowest BCUT2D eigenvalue weighted by molar-refractivity contribution is -0.124. The largest absolute Gasteiger partial charge is 0.282 e. The van der Waals surface area contributed by atoms with E-state index in [0.29, 0.717) is 10.0 Å². The molecule has 1 aliphatic rings. The number of hydrogen-bond acceptors (Lipinski definition) is 3. The molecular weight excluding hydrogens is 411 g/mol. The van der Waals surface area contributed by atoms with Crippen molar-refractivity contribution in [2.24, 2.45) is 13.0 Å². The smallest absolute Gasteiger partial charge is 0.275 e. The zero-order valence-corrected chi connectivity index (χ0v) is 17.4. The van der Waals surface area contributed by atoms with Crippen LogP contribution in [0.2, 0.25) is 10.0 Å². The van der Waals surface area contributed by atoms with Crippen LogP contribution in [-0.2, 0) is 11.9 Å². The Balaban J connectivity index is 1.82. The maximum atomic E-state index is 13.2. The third kappa shape index (κ3) is 3.88. The summed E-state index contributed by atoms with van der Waals surface area (Å²) in [5.41, 5.74) is 1.09. The van der Waals surface area contributed by atoms with Crippen molar-refractivity contribution in [2.45, 2.75) is 38.7 Å². The molecule has 3 atom stereocenters. The first kappa shape index (κ1) is 21.0. The molecule has 0 aliphatic heterocycles. The quantitative estimate of drug-likeness (QED) is 0.592. The minimum Gasteiger partial charge on any atom is -0.275 e. The number of aromatic nitrogens is 2. The summed E-state index contributed by atoms with van der Waals surface area (Å²) in [6.45, 7) is 3.73. The van der Waals surface area contributed by atoms with Crippen LogP contribution >= 0.6 is 23.2 Å². The number of aryl methyl sites for hydroxylation is 2. The molecule has 0 radical (unpaired) electrons. The Morgan fingerprint density at radius 1 is 1.36 bits per heavy atom. The van der Waals surface area contributed by atoms with E-state index in [0.717, 1.165) is 22.6 Å². The Hall–Kier alpha value is -1.70. The number of amides is 1. The van der Waals surface area contributed by atoms with E-state index in [2.05, 4.69) is 5.10 Å². The average molecular weight is 432 g/mol. The van der Waals surface area contributed by atoms with Crippen molar-refractivity contribution in [3.63, 3.8) is 0 Å². The van der Waals surface area contributed by atoms with E-state index in [1.165, 1.54) is 25.0 Å². The van der Waals surface area contributed by atoms with Crippen LogP contribution in [0.1, 0.15) is 52.9 Å². The molecular formula is C19H21Cl2F2N3O2. The van der Waals surface area contributed by atoms with E-state index in [-0.39, 0.29) is 23.4 Å². The van der Waals surface area contributed by atoms with Gasteiger partial charge in [-0.1, -0.05) is 23.2 Å². The lowest BCUT2D eigenvalue weighted by atomic mass is 10.0. The molecule has 9 heteroatoms. The third-order valence-electron chi connectivity index (χ3n) is 5.11. The summed E-state index contributed by atoms with van der Waals surface area (Å²) in [4.78, 5) is 18.1. The van der Waals surface area contributed by atoms with Gasteiger partial charge in [0.2, 0.25) is 0 Å². The van der Waals surface area contributed by atoms with Crippen molar-refractivity contribution in [1.29, 1.82) is 0 Å². The number of benzene rings is 1. The van der Waals surface area contributed by atoms with Crippen LogP contribution in [0.15, 0.2) is 18.3 Å². The van der Waals surface area contributed by atoms with Crippen molar-refractivity contribution >= 4 is 29.1 Å². The third-order valence-corrected chi connectivity index (χ3v) is 5.74. The molecule has 1 saturated carbocycles. The number of carbonyl (C=O) groups excluding carboxylic acids is 1.